The zero-order chi connectivity index (χ0) is 27.1. The number of carbonyl (C=O) groups is 3. The van der Waals surface area contributed by atoms with Crippen LogP contribution in [0.1, 0.15) is 50.6 Å². The number of hydrogen-bond acceptors (Lipinski definition) is 7. The lowest BCUT2D eigenvalue weighted by Crippen LogP contribution is -2.33. The molecule has 1 atom stereocenters. The van der Waals surface area contributed by atoms with E-state index in [0.717, 1.165) is 16.7 Å². The maximum atomic E-state index is 13.8. The number of carbonyl (C=O) groups excluding carboxylic acids is 3. The molecule has 3 aromatic rings. The molecule has 1 aromatic heterocycles. The fourth-order valence-corrected chi connectivity index (χ4v) is 4.42. The number of aryl methyl sites for hydroxylation is 1. The molecule has 2 N–H and O–H groups in total. The van der Waals surface area contributed by atoms with Gasteiger partial charge in [0, 0.05) is 16.0 Å². The number of nitrogens with one attached hydrogen (secondary N) is 2. The molecule has 1 heterocycles. The number of halogens is 2. The molecule has 11 heteroatoms. The number of esters is 1. The second kappa shape index (κ2) is 12.5. The molecule has 2 aromatic carbocycles. The lowest BCUT2D eigenvalue weighted by molar-refractivity contribution is -0.127. The summed E-state index contributed by atoms with van der Waals surface area (Å²) in [7, 11) is 0. The Morgan fingerprint density at radius 2 is 1.86 bits per heavy atom. The standard InChI is InChI=1S/C26H25ClFN3O5S/c1-5-35-26(34)22-14(2)16(4)37-25(22)30-24(33)17-9-11-18(12-10-17)36-15(3)23(32)31-29-13-19-20(27)7-6-8-21(19)28/h6-13,15H,5H2,1-4H3,(H,30,33)(H,31,32). The number of thiophene rings is 1. The fraction of sp³-hybridized carbons (Fsp3) is 0.231. The molecule has 0 aliphatic heterocycles. The second-order valence-electron chi connectivity index (χ2n) is 7.82. The molecule has 0 aliphatic carbocycles. The van der Waals surface area contributed by atoms with Gasteiger partial charge in [-0.05, 0) is 69.7 Å². The molecule has 0 bridgehead atoms. The normalized spacial score (nSPS) is 11.7. The van der Waals surface area contributed by atoms with Gasteiger partial charge < -0.3 is 14.8 Å². The van der Waals surface area contributed by atoms with E-state index in [2.05, 4.69) is 15.8 Å². The molecule has 0 aliphatic rings. The molecule has 0 spiro atoms. The molecule has 2 amide bonds. The van der Waals surface area contributed by atoms with Crippen molar-refractivity contribution in [3.05, 3.63) is 80.4 Å². The zero-order valence-corrected chi connectivity index (χ0v) is 22.1. The van der Waals surface area contributed by atoms with Crippen molar-refractivity contribution in [3.8, 4) is 5.75 Å². The van der Waals surface area contributed by atoms with E-state index in [1.54, 1.807) is 13.8 Å². The Morgan fingerprint density at radius 1 is 1.16 bits per heavy atom. The quantitative estimate of drug-likeness (QED) is 0.210. The van der Waals surface area contributed by atoms with E-state index in [0.29, 0.717) is 21.9 Å². The third-order valence-electron chi connectivity index (χ3n) is 5.26. The molecule has 1 unspecified atom stereocenters. The Morgan fingerprint density at radius 3 is 2.51 bits per heavy atom. The number of rotatable bonds is 9. The summed E-state index contributed by atoms with van der Waals surface area (Å²) in [6.45, 7) is 7.12. The van der Waals surface area contributed by atoms with Gasteiger partial charge in [-0.1, -0.05) is 17.7 Å². The maximum Gasteiger partial charge on any atom is 0.341 e. The third-order valence-corrected chi connectivity index (χ3v) is 6.71. The first-order valence-corrected chi connectivity index (χ1v) is 12.4. The lowest BCUT2D eigenvalue weighted by atomic mass is 10.1. The number of amides is 2. The Bertz CT molecular complexity index is 1320. The highest BCUT2D eigenvalue weighted by molar-refractivity contribution is 7.16. The Kier molecular flexibility index (Phi) is 9.37. The van der Waals surface area contributed by atoms with Crippen LogP contribution in [-0.4, -0.2) is 36.7 Å². The van der Waals surface area contributed by atoms with Gasteiger partial charge in [0.15, 0.2) is 6.10 Å². The summed E-state index contributed by atoms with van der Waals surface area (Å²) < 4.78 is 24.5. The summed E-state index contributed by atoms with van der Waals surface area (Å²) >= 11 is 7.22. The number of anilines is 1. The largest absolute Gasteiger partial charge is 0.481 e. The molecular weight excluding hydrogens is 521 g/mol. The van der Waals surface area contributed by atoms with Crippen LogP contribution in [0.3, 0.4) is 0 Å². The van der Waals surface area contributed by atoms with Crippen LogP contribution < -0.4 is 15.5 Å². The molecule has 0 fully saturated rings. The van der Waals surface area contributed by atoms with Gasteiger partial charge in [-0.3, -0.25) is 9.59 Å². The van der Waals surface area contributed by atoms with E-state index in [1.165, 1.54) is 60.7 Å². The van der Waals surface area contributed by atoms with Crippen molar-refractivity contribution in [2.45, 2.75) is 33.8 Å². The summed E-state index contributed by atoms with van der Waals surface area (Å²) in [5.41, 5.74) is 3.76. The zero-order valence-electron chi connectivity index (χ0n) is 20.6. The molecular formula is C26H25ClFN3O5S. The lowest BCUT2D eigenvalue weighted by Gasteiger charge is -2.13. The van der Waals surface area contributed by atoms with E-state index in [-0.39, 0.29) is 17.2 Å². The van der Waals surface area contributed by atoms with E-state index >= 15 is 0 Å². The predicted molar refractivity (Wildman–Crippen MR) is 141 cm³/mol. The van der Waals surface area contributed by atoms with Crippen molar-refractivity contribution < 1.29 is 28.2 Å². The number of hydrogen-bond donors (Lipinski definition) is 2. The van der Waals surface area contributed by atoms with Gasteiger partial charge >= 0.3 is 5.97 Å². The molecule has 3 rings (SSSR count). The van der Waals surface area contributed by atoms with Crippen LogP contribution in [0.5, 0.6) is 5.75 Å². The SMILES string of the molecule is CCOC(=O)c1c(NC(=O)c2ccc(OC(C)C(=O)NN=Cc3c(F)cccc3Cl)cc2)sc(C)c1C. The summed E-state index contributed by atoms with van der Waals surface area (Å²) in [6.07, 6.45) is 0.178. The highest BCUT2D eigenvalue weighted by atomic mass is 35.5. The second-order valence-corrected chi connectivity index (χ2v) is 9.45. The van der Waals surface area contributed by atoms with Gasteiger partial charge in [-0.15, -0.1) is 11.3 Å². The molecule has 0 saturated heterocycles. The Balaban J connectivity index is 1.60. The Labute approximate surface area is 222 Å². The van der Waals surface area contributed by atoms with Crippen LogP contribution in [-0.2, 0) is 9.53 Å². The number of nitrogens with zero attached hydrogens (tertiary/aromatic N) is 1. The van der Waals surface area contributed by atoms with Gasteiger partial charge in [-0.2, -0.15) is 5.10 Å². The maximum absolute atomic E-state index is 13.8. The molecule has 194 valence electrons. The van der Waals surface area contributed by atoms with Crippen molar-refractivity contribution in [1.29, 1.82) is 0 Å². The van der Waals surface area contributed by atoms with E-state index in [4.69, 9.17) is 21.1 Å². The van der Waals surface area contributed by atoms with E-state index in [9.17, 15) is 18.8 Å². The summed E-state index contributed by atoms with van der Waals surface area (Å²) in [5, 5.41) is 7.08. The summed E-state index contributed by atoms with van der Waals surface area (Å²) in [5.74, 6) is -1.70. The molecule has 0 radical (unpaired) electrons. The third kappa shape index (κ3) is 6.93. The molecule has 37 heavy (non-hydrogen) atoms. The van der Waals surface area contributed by atoms with E-state index in [1.807, 2.05) is 6.92 Å². The molecule has 0 saturated carbocycles. The van der Waals surface area contributed by atoms with E-state index < -0.39 is 29.7 Å². The highest BCUT2D eigenvalue weighted by Crippen LogP contribution is 2.33. The van der Waals surface area contributed by atoms with Gasteiger partial charge in [0.1, 0.15) is 16.6 Å². The van der Waals surface area contributed by atoms with Gasteiger partial charge in [0.25, 0.3) is 11.8 Å². The van der Waals surface area contributed by atoms with Crippen molar-refractivity contribution >= 4 is 51.9 Å². The van der Waals surface area contributed by atoms with Crippen LogP contribution in [0.15, 0.2) is 47.6 Å². The minimum absolute atomic E-state index is 0.0501. The number of ether oxygens (including phenoxy) is 2. The topological polar surface area (TPSA) is 106 Å². The number of hydrazone groups is 1. The van der Waals surface area contributed by atoms with Crippen molar-refractivity contribution in [2.24, 2.45) is 5.10 Å². The minimum Gasteiger partial charge on any atom is -0.481 e. The Hall–Kier alpha value is -3.76. The average Bonchev–Trinajstić information content (AvgIpc) is 3.13. The van der Waals surface area contributed by atoms with Gasteiger partial charge in [-0.25, -0.2) is 14.6 Å². The predicted octanol–water partition coefficient (Wildman–Crippen LogP) is 5.50. The first kappa shape index (κ1) is 27.8. The average molecular weight is 546 g/mol. The molecule has 8 nitrogen and oxygen atoms in total. The summed E-state index contributed by atoms with van der Waals surface area (Å²) in [6, 6.07) is 10.3. The monoisotopic (exact) mass is 545 g/mol. The van der Waals surface area contributed by atoms with Crippen LogP contribution in [0.2, 0.25) is 5.02 Å². The van der Waals surface area contributed by atoms with Crippen LogP contribution >= 0.6 is 22.9 Å². The van der Waals surface area contributed by atoms with Crippen LogP contribution in [0, 0.1) is 19.7 Å². The van der Waals surface area contributed by atoms with Crippen molar-refractivity contribution in [1.82, 2.24) is 5.43 Å². The minimum atomic E-state index is -0.933. The van der Waals surface area contributed by atoms with Crippen LogP contribution in [0.25, 0.3) is 0 Å². The smallest absolute Gasteiger partial charge is 0.341 e. The van der Waals surface area contributed by atoms with Crippen molar-refractivity contribution in [2.75, 3.05) is 11.9 Å². The van der Waals surface area contributed by atoms with Gasteiger partial charge in [0.2, 0.25) is 0 Å². The van der Waals surface area contributed by atoms with Crippen molar-refractivity contribution in [3.63, 3.8) is 0 Å². The first-order valence-electron chi connectivity index (χ1n) is 11.2. The number of benzene rings is 2. The summed E-state index contributed by atoms with van der Waals surface area (Å²) in [4.78, 5) is 38.3. The van der Waals surface area contributed by atoms with Gasteiger partial charge in [0.05, 0.1) is 23.4 Å². The fourth-order valence-electron chi connectivity index (χ4n) is 3.17. The highest BCUT2D eigenvalue weighted by Gasteiger charge is 2.22. The van der Waals surface area contributed by atoms with Crippen LogP contribution in [0.4, 0.5) is 9.39 Å². The first-order chi connectivity index (χ1) is 17.6.